The van der Waals surface area contributed by atoms with Crippen LogP contribution in [-0.2, 0) is 20.9 Å². The van der Waals surface area contributed by atoms with Gasteiger partial charge in [0.05, 0.1) is 26.4 Å². The number of benzene rings is 3. The SMILES string of the molecule is CCOC(=O)[C@@H](NC(=O)OCc1ccccc1)c1cc(/C=C/C(=O)c2ccccc2O)c(OC)cc1OC. The number of ketones is 1. The van der Waals surface area contributed by atoms with Crippen LogP contribution in [0.5, 0.6) is 17.2 Å². The Hall–Kier alpha value is -4.79. The number of amides is 1. The van der Waals surface area contributed by atoms with Crippen molar-refractivity contribution in [3.63, 3.8) is 0 Å². The largest absolute Gasteiger partial charge is 0.507 e. The van der Waals surface area contributed by atoms with Gasteiger partial charge >= 0.3 is 12.1 Å². The number of allylic oxidation sites excluding steroid dienone is 1. The van der Waals surface area contributed by atoms with Crippen LogP contribution in [0.1, 0.15) is 40.0 Å². The molecule has 9 heteroatoms. The summed E-state index contributed by atoms with van der Waals surface area (Å²) in [4.78, 5) is 38.2. The lowest BCUT2D eigenvalue weighted by atomic mass is 10.0. The molecule has 1 amide bonds. The highest BCUT2D eigenvalue weighted by Gasteiger charge is 2.29. The van der Waals surface area contributed by atoms with Gasteiger partial charge in [0.15, 0.2) is 11.8 Å². The zero-order chi connectivity index (χ0) is 27.5. The first kappa shape index (κ1) is 27.8. The van der Waals surface area contributed by atoms with Crippen LogP contribution in [0.25, 0.3) is 6.08 Å². The standard InChI is InChI=1S/C29H29NO8/c1-4-37-28(33)27(30-29(34)38-18-19-10-6-5-7-11-19)22-16-20(25(35-2)17-26(22)36-3)14-15-24(32)21-12-8-9-13-23(21)31/h5-17,27,31H,4,18H2,1-3H3,(H,30,34)/b15-14+/t27-/m0/s1. The van der Waals surface area contributed by atoms with Gasteiger partial charge in [-0.2, -0.15) is 0 Å². The summed E-state index contributed by atoms with van der Waals surface area (Å²) < 4.78 is 21.4. The van der Waals surface area contributed by atoms with Gasteiger partial charge in [-0.1, -0.05) is 42.5 Å². The van der Waals surface area contributed by atoms with E-state index < -0.39 is 23.9 Å². The Balaban J connectivity index is 1.93. The van der Waals surface area contributed by atoms with Crippen LogP contribution in [0.4, 0.5) is 4.79 Å². The number of ether oxygens (including phenoxy) is 4. The third-order valence-corrected chi connectivity index (χ3v) is 5.47. The van der Waals surface area contributed by atoms with Crippen LogP contribution in [0.3, 0.4) is 0 Å². The van der Waals surface area contributed by atoms with E-state index in [0.717, 1.165) is 5.56 Å². The topological polar surface area (TPSA) is 120 Å². The summed E-state index contributed by atoms with van der Waals surface area (Å²) in [6.45, 7) is 1.73. The molecule has 3 rings (SSSR count). The molecule has 0 heterocycles. The van der Waals surface area contributed by atoms with Crippen LogP contribution >= 0.6 is 0 Å². The Morgan fingerprint density at radius 3 is 2.26 bits per heavy atom. The number of phenols is 1. The van der Waals surface area contributed by atoms with Gasteiger partial charge in [-0.3, -0.25) is 4.79 Å². The molecular weight excluding hydrogens is 490 g/mol. The fraction of sp³-hybridized carbons (Fsp3) is 0.207. The smallest absolute Gasteiger partial charge is 0.408 e. The molecule has 0 fully saturated rings. The fourth-order valence-corrected chi connectivity index (χ4v) is 3.61. The van der Waals surface area contributed by atoms with Gasteiger partial charge in [-0.15, -0.1) is 0 Å². The number of hydrogen-bond acceptors (Lipinski definition) is 8. The number of para-hydroxylation sites is 1. The third kappa shape index (κ3) is 7.13. The molecule has 38 heavy (non-hydrogen) atoms. The van der Waals surface area contributed by atoms with Crippen LogP contribution in [0.15, 0.2) is 72.8 Å². The van der Waals surface area contributed by atoms with Crippen molar-refractivity contribution in [1.82, 2.24) is 5.32 Å². The minimum Gasteiger partial charge on any atom is -0.507 e. The summed E-state index contributed by atoms with van der Waals surface area (Å²) >= 11 is 0. The molecule has 1 atom stereocenters. The van der Waals surface area contributed by atoms with E-state index in [1.54, 1.807) is 37.3 Å². The van der Waals surface area contributed by atoms with Crippen molar-refractivity contribution < 1.29 is 38.4 Å². The molecule has 0 aliphatic carbocycles. The van der Waals surface area contributed by atoms with E-state index in [4.69, 9.17) is 18.9 Å². The van der Waals surface area contributed by atoms with Gasteiger partial charge in [0.25, 0.3) is 0 Å². The number of esters is 1. The predicted molar refractivity (Wildman–Crippen MR) is 140 cm³/mol. The molecule has 0 unspecified atom stereocenters. The lowest BCUT2D eigenvalue weighted by Gasteiger charge is -2.21. The van der Waals surface area contributed by atoms with Crippen LogP contribution in [0.2, 0.25) is 0 Å². The summed E-state index contributed by atoms with van der Waals surface area (Å²) in [6.07, 6.45) is 1.91. The molecule has 0 aliphatic rings. The van der Waals surface area contributed by atoms with Crippen molar-refractivity contribution in [2.75, 3.05) is 20.8 Å². The van der Waals surface area contributed by atoms with E-state index in [2.05, 4.69) is 5.32 Å². The molecule has 0 spiro atoms. The summed E-state index contributed by atoms with van der Waals surface area (Å²) in [7, 11) is 2.85. The Morgan fingerprint density at radius 1 is 0.921 bits per heavy atom. The number of carbonyl (C=O) groups is 3. The number of aromatic hydroxyl groups is 1. The maximum Gasteiger partial charge on any atom is 0.408 e. The van der Waals surface area contributed by atoms with Crippen molar-refractivity contribution in [2.24, 2.45) is 0 Å². The molecule has 0 saturated carbocycles. The average molecular weight is 520 g/mol. The molecule has 3 aromatic rings. The monoisotopic (exact) mass is 519 g/mol. The highest BCUT2D eigenvalue weighted by molar-refractivity contribution is 6.08. The van der Waals surface area contributed by atoms with Crippen LogP contribution in [0, 0.1) is 0 Å². The quantitative estimate of drug-likeness (QED) is 0.210. The lowest BCUT2D eigenvalue weighted by Crippen LogP contribution is -2.35. The Morgan fingerprint density at radius 2 is 1.61 bits per heavy atom. The molecule has 0 aliphatic heterocycles. The van der Waals surface area contributed by atoms with Crippen molar-refractivity contribution >= 4 is 23.9 Å². The molecule has 2 N–H and O–H groups in total. The van der Waals surface area contributed by atoms with E-state index in [1.165, 1.54) is 44.6 Å². The average Bonchev–Trinajstić information content (AvgIpc) is 2.94. The summed E-state index contributed by atoms with van der Waals surface area (Å²) in [5, 5.41) is 12.5. The van der Waals surface area contributed by atoms with Gasteiger partial charge in [-0.25, -0.2) is 9.59 Å². The number of alkyl carbamates (subject to hydrolysis) is 1. The number of rotatable bonds is 11. The summed E-state index contributed by atoms with van der Waals surface area (Å²) in [6, 6.07) is 17.1. The van der Waals surface area contributed by atoms with E-state index in [0.29, 0.717) is 11.3 Å². The second-order valence-electron chi connectivity index (χ2n) is 7.94. The second kappa shape index (κ2) is 13.5. The zero-order valence-corrected chi connectivity index (χ0v) is 21.3. The number of hydrogen-bond donors (Lipinski definition) is 2. The second-order valence-corrected chi connectivity index (χ2v) is 7.94. The molecule has 9 nitrogen and oxygen atoms in total. The maximum absolute atomic E-state index is 12.9. The normalized spacial score (nSPS) is 11.4. The Kier molecular flexibility index (Phi) is 9.87. The highest BCUT2D eigenvalue weighted by atomic mass is 16.6. The third-order valence-electron chi connectivity index (χ3n) is 5.47. The molecule has 3 aromatic carbocycles. The summed E-state index contributed by atoms with van der Waals surface area (Å²) in [5.41, 5.74) is 1.58. The number of methoxy groups -OCH3 is 2. The number of phenolic OH excluding ortho intramolecular Hbond substituents is 1. The Bertz CT molecular complexity index is 1300. The van der Waals surface area contributed by atoms with Crippen molar-refractivity contribution in [3.8, 4) is 17.2 Å². The number of carbonyl (C=O) groups excluding carboxylic acids is 3. The minimum atomic E-state index is -1.28. The summed E-state index contributed by atoms with van der Waals surface area (Å²) in [5.74, 6) is -0.723. The zero-order valence-electron chi connectivity index (χ0n) is 21.3. The van der Waals surface area contributed by atoms with Gasteiger partial charge in [0, 0.05) is 17.2 Å². The van der Waals surface area contributed by atoms with E-state index in [1.807, 2.05) is 18.2 Å². The van der Waals surface area contributed by atoms with Gasteiger partial charge < -0.3 is 29.4 Å². The van der Waals surface area contributed by atoms with Crippen molar-refractivity contribution in [1.29, 1.82) is 0 Å². The van der Waals surface area contributed by atoms with Gasteiger partial charge in [0.1, 0.15) is 23.9 Å². The first-order valence-corrected chi connectivity index (χ1v) is 11.8. The molecular formula is C29H29NO8. The van der Waals surface area contributed by atoms with Crippen molar-refractivity contribution in [2.45, 2.75) is 19.6 Å². The van der Waals surface area contributed by atoms with Gasteiger partial charge in [-0.05, 0) is 42.8 Å². The first-order valence-electron chi connectivity index (χ1n) is 11.8. The maximum atomic E-state index is 12.9. The predicted octanol–water partition coefficient (Wildman–Crippen LogP) is 4.84. The molecule has 0 bridgehead atoms. The van der Waals surface area contributed by atoms with Crippen LogP contribution < -0.4 is 14.8 Å². The van der Waals surface area contributed by atoms with E-state index >= 15 is 0 Å². The lowest BCUT2D eigenvalue weighted by molar-refractivity contribution is -0.145. The van der Waals surface area contributed by atoms with E-state index in [9.17, 15) is 19.5 Å². The molecule has 0 saturated heterocycles. The fourth-order valence-electron chi connectivity index (χ4n) is 3.61. The first-order chi connectivity index (χ1) is 18.4. The molecule has 0 aromatic heterocycles. The van der Waals surface area contributed by atoms with Crippen molar-refractivity contribution in [3.05, 3.63) is 95.1 Å². The minimum absolute atomic E-state index is 0.00436. The van der Waals surface area contributed by atoms with E-state index in [-0.39, 0.29) is 35.8 Å². The molecule has 198 valence electrons. The van der Waals surface area contributed by atoms with Gasteiger partial charge in [0.2, 0.25) is 0 Å². The highest BCUT2D eigenvalue weighted by Crippen LogP contribution is 2.34. The molecule has 0 radical (unpaired) electrons. The Labute approximate surface area is 220 Å². The number of nitrogens with one attached hydrogen (secondary N) is 1. The van der Waals surface area contributed by atoms with Crippen LogP contribution in [-0.4, -0.2) is 43.8 Å².